The third-order valence-corrected chi connectivity index (χ3v) is 5.74. The predicted molar refractivity (Wildman–Crippen MR) is 102 cm³/mol. The van der Waals surface area contributed by atoms with E-state index in [1.807, 2.05) is 25.1 Å². The largest absolute Gasteiger partial charge is 0.465 e. The van der Waals surface area contributed by atoms with Crippen LogP contribution >= 0.6 is 22.7 Å². The lowest BCUT2D eigenvalue weighted by Crippen LogP contribution is -2.23. The third-order valence-electron chi connectivity index (χ3n) is 3.68. The lowest BCUT2D eigenvalue weighted by Gasteiger charge is -2.06. The lowest BCUT2D eigenvalue weighted by molar-refractivity contribution is -0.380. The van der Waals surface area contributed by atoms with Crippen LogP contribution in [-0.2, 0) is 16.1 Å². The van der Waals surface area contributed by atoms with E-state index in [4.69, 9.17) is 4.74 Å². The summed E-state index contributed by atoms with van der Waals surface area (Å²) in [7, 11) is 0. The highest BCUT2D eigenvalue weighted by atomic mass is 32.1. The number of nitrogens with zero attached hydrogens (tertiary/aromatic N) is 3. The zero-order valence-electron chi connectivity index (χ0n) is 14.5. The Morgan fingerprint density at radius 1 is 1.26 bits per heavy atom. The molecule has 27 heavy (non-hydrogen) atoms. The number of ether oxygens (including phenoxy) is 1. The second-order valence-corrected chi connectivity index (χ2v) is 7.58. The van der Waals surface area contributed by atoms with Gasteiger partial charge in [0.05, 0.1) is 21.7 Å². The fourth-order valence-corrected chi connectivity index (χ4v) is 4.37. The number of benzene rings is 1. The summed E-state index contributed by atoms with van der Waals surface area (Å²) in [6.45, 7) is 3.81. The molecule has 2 aromatic heterocycles. The van der Waals surface area contributed by atoms with Gasteiger partial charge in [0.15, 0.2) is 4.80 Å². The molecule has 0 saturated heterocycles. The second kappa shape index (κ2) is 7.80. The molecule has 0 fully saturated rings. The van der Waals surface area contributed by atoms with Crippen molar-refractivity contribution in [1.29, 1.82) is 0 Å². The number of fused-ring (bicyclic) bond motifs is 1. The highest BCUT2D eigenvalue weighted by Crippen LogP contribution is 2.25. The van der Waals surface area contributed by atoms with Gasteiger partial charge < -0.3 is 9.30 Å². The molecule has 0 bridgehead atoms. The number of esters is 1. The molecule has 1 aromatic carbocycles. The van der Waals surface area contributed by atoms with Crippen LogP contribution < -0.4 is 4.80 Å². The molecule has 10 heteroatoms. The Bertz CT molecular complexity index is 1110. The number of thiazole rings is 1. The molecule has 0 unspecified atom stereocenters. The number of nitro groups is 1. The van der Waals surface area contributed by atoms with E-state index in [2.05, 4.69) is 4.99 Å². The number of thiophene rings is 1. The number of aryl methyl sites for hydroxylation is 1. The molecule has 140 valence electrons. The standard InChI is InChI=1S/C17H15N3O5S2/c1-3-25-14(21)9-19-15-10(2)5-4-6-11(15)27-17(19)18-16(22)12-7-8-13(26-12)20(23)24/h4-8H,3,9H2,1-2H3. The van der Waals surface area contributed by atoms with Crippen molar-refractivity contribution in [2.75, 3.05) is 6.61 Å². The average Bonchev–Trinajstić information content (AvgIpc) is 3.22. The summed E-state index contributed by atoms with van der Waals surface area (Å²) in [6.07, 6.45) is 0. The topological polar surface area (TPSA) is 104 Å². The van der Waals surface area contributed by atoms with Crippen molar-refractivity contribution >= 4 is 49.8 Å². The molecule has 0 atom stereocenters. The average molecular weight is 405 g/mol. The summed E-state index contributed by atoms with van der Waals surface area (Å²) in [5, 5.41) is 10.7. The normalized spacial score (nSPS) is 11.7. The zero-order chi connectivity index (χ0) is 19.6. The maximum Gasteiger partial charge on any atom is 0.326 e. The summed E-state index contributed by atoms with van der Waals surface area (Å²) in [6, 6.07) is 8.33. The smallest absolute Gasteiger partial charge is 0.326 e. The summed E-state index contributed by atoms with van der Waals surface area (Å²) in [4.78, 5) is 39.4. The van der Waals surface area contributed by atoms with E-state index in [1.165, 1.54) is 23.5 Å². The number of para-hydroxylation sites is 1. The predicted octanol–water partition coefficient (Wildman–Crippen LogP) is 3.29. The van der Waals surface area contributed by atoms with Crippen LogP contribution in [0.1, 0.15) is 22.2 Å². The van der Waals surface area contributed by atoms with E-state index in [-0.39, 0.29) is 23.0 Å². The molecular formula is C17H15N3O5S2. The van der Waals surface area contributed by atoms with Crippen molar-refractivity contribution in [3.8, 4) is 0 Å². The Morgan fingerprint density at radius 3 is 2.70 bits per heavy atom. The number of hydrogen-bond donors (Lipinski definition) is 0. The van der Waals surface area contributed by atoms with E-state index in [9.17, 15) is 19.7 Å². The zero-order valence-corrected chi connectivity index (χ0v) is 16.1. The van der Waals surface area contributed by atoms with Gasteiger partial charge in [-0.05, 0) is 31.5 Å². The van der Waals surface area contributed by atoms with Gasteiger partial charge >= 0.3 is 11.0 Å². The minimum Gasteiger partial charge on any atom is -0.465 e. The SMILES string of the molecule is CCOC(=O)Cn1c(=NC(=O)c2ccc([N+](=O)[O-])s2)sc2cccc(C)c21. The fourth-order valence-electron chi connectivity index (χ4n) is 2.56. The second-order valence-electron chi connectivity index (χ2n) is 5.51. The molecule has 0 spiro atoms. The number of carbonyl (C=O) groups is 2. The van der Waals surface area contributed by atoms with Gasteiger partial charge in [-0.2, -0.15) is 4.99 Å². The van der Waals surface area contributed by atoms with Gasteiger partial charge in [-0.1, -0.05) is 34.8 Å². The van der Waals surface area contributed by atoms with Crippen LogP contribution in [0.3, 0.4) is 0 Å². The fraction of sp³-hybridized carbons (Fsp3) is 0.235. The van der Waals surface area contributed by atoms with Gasteiger partial charge in [-0.3, -0.25) is 19.7 Å². The summed E-state index contributed by atoms with van der Waals surface area (Å²) >= 11 is 2.04. The molecule has 0 N–H and O–H groups in total. The first-order chi connectivity index (χ1) is 12.9. The Balaban J connectivity index is 2.10. The van der Waals surface area contributed by atoms with Crippen LogP contribution in [0, 0.1) is 17.0 Å². The Morgan fingerprint density at radius 2 is 2.04 bits per heavy atom. The molecule has 3 aromatic rings. The monoisotopic (exact) mass is 405 g/mol. The third kappa shape index (κ3) is 3.96. The molecule has 0 radical (unpaired) electrons. The van der Waals surface area contributed by atoms with Crippen molar-refractivity contribution in [2.45, 2.75) is 20.4 Å². The maximum atomic E-state index is 12.5. The van der Waals surface area contributed by atoms with Gasteiger partial charge in [0.25, 0.3) is 5.91 Å². The van der Waals surface area contributed by atoms with Crippen LogP contribution in [0.25, 0.3) is 10.2 Å². The van der Waals surface area contributed by atoms with Crippen molar-refractivity contribution in [1.82, 2.24) is 4.57 Å². The van der Waals surface area contributed by atoms with Crippen molar-refractivity contribution in [3.05, 3.63) is 55.7 Å². The van der Waals surface area contributed by atoms with E-state index >= 15 is 0 Å². The molecule has 2 heterocycles. The number of aromatic nitrogens is 1. The molecular weight excluding hydrogens is 390 g/mol. The maximum absolute atomic E-state index is 12.5. The number of hydrogen-bond acceptors (Lipinski definition) is 7. The van der Waals surface area contributed by atoms with Gasteiger partial charge in [0, 0.05) is 6.07 Å². The first kappa shape index (κ1) is 18.9. The quantitative estimate of drug-likeness (QED) is 0.368. The van der Waals surface area contributed by atoms with E-state index in [0.717, 1.165) is 27.1 Å². The molecule has 3 rings (SSSR count). The highest BCUT2D eigenvalue weighted by molar-refractivity contribution is 7.17. The Labute approximate surface area is 161 Å². The van der Waals surface area contributed by atoms with E-state index in [1.54, 1.807) is 11.5 Å². The van der Waals surface area contributed by atoms with Gasteiger partial charge in [0.1, 0.15) is 11.4 Å². The summed E-state index contributed by atoms with van der Waals surface area (Å²) < 4.78 is 7.55. The number of amides is 1. The van der Waals surface area contributed by atoms with Crippen LogP contribution in [0.5, 0.6) is 0 Å². The minimum atomic E-state index is -0.588. The van der Waals surface area contributed by atoms with Gasteiger partial charge in [-0.15, -0.1) is 0 Å². The molecule has 0 aliphatic rings. The lowest BCUT2D eigenvalue weighted by atomic mass is 10.2. The van der Waals surface area contributed by atoms with Crippen LogP contribution in [0.4, 0.5) is 5.00 Å². The van der Waals surface area contributed by atoms with Gasteiger partial charge in [-0.25, -0.2) is 0 Å². The van der Waals surface area contributed by atoms with Crippen LogP contribution in [0.15, 0.2) is 35.3 Å². The van der Waals surface area contributed by atoms with E-state index < -0.39 is 16.8 Å². The first-order valence-electron chi connectivity index (χ1n) is 7.98. The molecule has 0 aliphatic carbocycles. The van der Waals surface area contributed by atoms with Crippen LogP contribution in [0.2, 0.25) is 0 Å². The first-order valence-corrected chi connectivity index (χ1v) is 9.62. The Hall–Kier alpha value is -2.85. The Kier molecular flexibility index (Phi) is 5.47. The minimum absolute atomic E-state index is 0.0740. The molecule has 8 nitrogen and oxygen atoms in total. The highest BCUT2D eigenvalue weighted by Gasteiger charge is 2.17. The molecule has 0 aliphatic heterocycles. The number of carbonyl (C=O) groups excluding carboxylic acids is 2. The molecule has 1 amide bonds. The molecule has 0 saturated carbocycles. The van der Waals surface area contributed by atoms with Crippen LogP contribution in [-0.4, -0.2) is 28.0 Å². The van der Waals surface area contributed by atoms with Crippen molar-refractivity contribution < 1.29 is 19.2 Å². The van der Waals surface area contributed by atoms with E-state index in [0.29, 0.717) is 4.80 Å². The number of rotatable bonds is 5. The van der Waals surface area contributed by atoms with Gasteiger partial charge in [0.2, 0.25) is 0 Å². The van der Waals surface area contributed by atoms with Crippen molar-refractivity contribution in [3.63, 3.8) is 0 Å². The van der Waals surface area contributed by atoms with Crippen molar-refractivity contribution in [2.24, 2.45) is 4.99 Å². The summed E-state index contributed by atoms with van der Waals surface area (Å²) in [5.74, 6) is -1.02. The summed E-state index contributed by atoms with van der Waals surface area (Å²) in [5.41, 5.74) is 1.74.